The molecule has 0 radical (unpaired) electrons. The van der Waals surface area contributed by atoms with E-state index in [0.717, 1.165) is 38.5 Å². The largest absolute Gasteiger partial charge is 0.391 e. The van der Waals surface area contributed by atoms with Crippen LogP contribution in [-0.2, 0) is 14.9 Å². The van der Waals surface area contributed by atoms with Crippen LogP contribution in [0.25, 0.3) is 0 Å². The van der Waals surface area contributed by atoms with Crippen LogP contribution in [0.5, 0.6) is 0 Å². The topological polar surface area (TPSA) is 104 Å². The van der Waals surface area contributed by atoms with Crippen molar-refractivity contribution in [3.8, 4) is 0 Å². The van der Waals surface area contributed by atoms with E-state index in [1.54, 1.807) is 0 Å². The zero-order valence-electron chi connectivity index (χ0n) is 35.4. The van der Waals surface area contributed by atoms with E-state index in [9.17, 15) is 22.9 Å². The molecule has 0 aromatic rings. The summed E-state index contributed by atoms with van der Waals surface area (Å²) in [7, 11) is -4.31. The van der Waals surface area contributed by atoms with Crippen molar-refractivity contribution in [2.45, 2.75) is 270 Å². The van der Waals surface area contributed by atoms with Crippen LogP contribution >= 0.6 is 0 Å². The summed E-state index contributed by atoms with van der Waals surface area (Å²) >= 11 is 0. The van der Waals surface area contributed by atoms with Gasteiger partial charge < -0.3 is 10.4 Å². The molecule has 2 atom stereocenters. The highest BCUT2D eigenvalue weighted by molar-refractivity contribution is 7.85. The highest BCUT2D eigenvalue weighted by Gasteiger charge is 2.26. The van der Waals surface area contributed by atoms with E-state index < -0.39 is 28.0 Å². The fourth-order valence-electron chi connectivity index (χ4n) is 7.45. The van der Waals surface area contributed by atoms with Crippen molar-refractivity contribution in [1.82, 2.24) is 5.32 Å². The summed E-state index contributed by atoms with van der Waals surface area (Å²) in [6.45, 7) is 4.54. The second-order valence-corrected chi connectivity index (χ2v) is 17.9. The van der Waals surface area contributed by atoms with Crippen molar-refractivity contribution in [3.05, 3.63) is 12.2 Å². The number of aliphatic hydroxyl groups excluding tert-OH is 1. The Hall–Kier alpha value is -0.920. The maximum atomic E-state index is 12.6. The van der Waals surface area contributed by atoms with E-state index in [0.29, 0.717) is 12.8 Å². The minimum Gasteiger partial charge on any atom is -0.391 e. The normalized spacial score (nSPS) is 13.2. The maximum Gasteiger partial charge on any atom is 0.266 e. The van der Waals surface area contributed by atoms with Crippen molar-refractivity contribution in [3.63, 3.8) is 0 Å². The van der Waals surface area contributed by atoms with E-state index in [-0.39, 0.29) is 5.91 Å². The van der Waals surface area contributed by atoms with Crippen LogP contribution < -0.4 is 5.32 Å². The molecule has 0 saturated heterocycles. The molecule has 6 nitrogen and oxygen atoms in total. The third-order valence-corrected chi connectivity index (χ3v) is 11.8. The lowest BCUT2D eigenvalue weighted by molar-refractivity contribution is -0.122. The Morgan fingerprint density at radius 2 is 0.792 bits per heavy atom. The molecule has 0 spiro atoms. The number of hydrogen-bond donors (Lipinski definition) is 3. The molecule has 0 aliphatic carbocycles. The molecular formula is C46H91NO5S. The van der Waals surface area contributed by atoms with Gasteiger partial charge in [0.2, 0.25) is 5.91 Å². The zero-order valence-corrected chi connectivity index (χ0v) is 36.2. The van der Waals surface area contributed by atoms with Crippen molar-refractivity contribution in [2.24, 2.45) is 0 Å². The number of carbonyl (C=O) groups is 1. The van der Waals surface area contributed by atoms with Crippen molar-refractivity contribution < 1.29 is 22.9 Å². The van der Waals surface area contributed by atoms with Crippen LogP contribution in [0.2, 0.25) is 0 Å². The molecule has 2 unspecified atom stereocenters. The van der Waals surface area contributed by atoms with Crippen LogP contribution in [0.15, 0.2) is 12.2 Å². The molecule has 0 aromatic carbocycles. The van der Waals surface area contributed by atoms with Crippen LogP contribution in [0, 0.1) is 0 Å². The summed E-state index contributed by atoms with van der Waals surface area (Å²) in [6, 6.07) is -0.967. The standard InChI is InChI=1S/C46H91NO5S/c1-3-5-7-9-11-13-15-17-19-20-21-22-23-24-25-26-28-30-32-34-36-38-40-42-46(49)47-44(43-53(50,51)52)45(48)41-39-37-35-33-31-29-27-18-16-14-12-10-8-6-4-2/h20-21,44-45,48H,3-19,22-43H2,1-2H3,(H,47,49)(H,50,51,52)/b21-20-. The molecule has 0 aliphatic rings. The molecule has 0 saturated carbocycles. The number of unbranched alkanes of at least 4 members (excludes halogenated alkanes) is 33. The SMILES string of the molecule is CCCCCCCCCC/C=C\CCCCCCCCCCCCCC(=O)NC(CS(=O)(=O)O)C(O)CCCCCCCCCCCCCCCCC. The molecular weight excluding hydrogens is 679 g/mol. The smallest absolute Gasteiger partial charge is 0.266 e. The van der Waals surface area contributed by atoms with Gasteiger partial charge in [0.25, 0.3) is 10.1 Å². The van der Waals surface area contributed by atoms with Gasteiger partial charge in [0.15, 0.2) is 0 Å². The number of hydrogen-bond acceptors (Lipinski definition) is 4. The van der Waals surface area contributed by atoms with Gasteiger partial charge in [0, 0.05) is 6.42 Å². The predicted molar refractivity (Wildman–Crippen MR) is 230 cm³/mol. The fourth-order valence-corrected chi connectivity index (χ4v) is 8.21. The molecule has 0 fully saturated rings. The number of amides is 1. The third kappa shape index (κ3) is 42.1. The van der Waals surface area contributed by atoms with Gasteiger partial charge in [-0.05, 0) is 38.5 Å². The number of aliphatic hydroxyl groups is 1. The van der Waals surface area contributed by atoms with Crippen LogP contribution in [0.4, 0.5) is 0 Å². The fraction of sp³-hybridized carbons (Fsp3) is 0.935. The van der Waals surface area contributed by atoms with Gasteiger partial charge in [-0.3, -0.25) is 9.35 Å². The molecule has 0 bridgehead atoms. The van der Waals surface area contributed by atoms with Gasteiger partial charge in [-0.1, -0.05) is 225 Å². The monoisotopic (exact) mass is 770 g/mol. The number of allylic oxidation sites excluding steroid dienone is 2. The maximum absolute atomic E-state index is 12.6. The second kappa shape index (κ2) is 40.7. The lowest BCUT2D eigenvalue weighted by Gasteiger charge is -2.23. The average molecular weight is 770 g/mol. The van der Waals surface area contributed by atoms with E-state index in [1.807, 2.05) is 0 Å². The molecule has 0 aromatic heterocycles. The quantitative estimate of drug-likeness (QED) is 0.0325. The molecule has 0 aliphatic heterocycles. The Bertz CT molecular complexity index is 892. The van der Waals surface area contributed by atoms with Gasteiger partial charge in [-0.25, -0.2) is 0 Å². The third-order valence-electron chi connectivity index (χ3n) is 11.0. The van der Waals surface area contributed by atoms with Crippen LogP contribution in [-0.4, -0.2) is 41.9 Å². The van der Waals surface area contributed by atoms with Crippen LogP contribution in [0.1, 0.15) is 258 Å². The summed E-state index contributed by atoms with van der Waals surface area (Å²) in [5, 5.41) is 13.4. The number of rotatable bonds is 43. The second-order valence-electron chi connectivity index (χ2n) is 16.4. The predicted octanol–water partition coefficient (Wildman–Crippen LogP) is 14.1. The van der Waals surface area contributed by atoms with Crippen molar-refractivity contribution in [1.29, 1.82) is 0 Å². The Labute approximate surface area is 331 Å². The highest BCUT2D eigenvalue weighted by atomic mass is 32.2. The summed E-state index contributed by atoms with van der Waals surface area (Å²) < 4.78 is 32.6. The van der Waals surface area contributed by atoms with E-state index in [4.69, 9.17) is 0 Å². The molecule has 3 N–H and O–H groups in total. The minimum atomic E-state index is -4.31. The Balaban J connectivity index is 3.75. The van der Waals surface area contributed by atoms with Crippen molar-refractivity contribution >= 4 is 16.0 Å². The van der Waals surface area contributed by atoms with Gasteiger partial charge in [-0.15, -0.1) is 0 Å². The number of nitrogens with one attached hydrogen (secondary N) is 1. The number of carbonyl (C=O) groups excluding carboxylic acids is 1. The van der Waals surface area contributed by atoms with Crippen molar-refractivity contribution in [2.75, 3.05) is 5.75 Å². The first-order valence-electron chi connectivity index (χ1n) is 23.4. The van der Waals surface area contributed by atoms with Gasteiger partial charge >= 0.3 is 0 Å². The van der Waals surface area contributed by atoms with Crippen LogP contribution in [0.3, 0.4) is 0 Å². The van der Waals surface area contributed by atoms with Gasteiger partial charge in [0.1, 0.15) is 0 Å². The molecule has 0 heterocycles. The first-order chi connectivity index (χ1) is 25.8. The lowest BCUT2D eigenvalue weighted by atomic mass is 10.0. The Kier molecular flexibility index (Phi) is 40.0. The van der Waals surface area contributed by atoms with E-state index in [2.05, 4.69) is 31.3 Å². The van der Waals surface area contributed by atoms with Gasteiger partial charge in [0.05, 0.1) is 17.9 Å². The Morgan fingerprint density at radius 1 is 0.491 bits per heavy atom. The zero-order chi connectivity index (χ0) is 38.9. The molecule has 53 heavy (non-hydrogen) atoms. The summed E-state index contributed by atoms with van der Waals surface area (Å²) in [6.07, 6.45) is 50.3. The molecule has 316 valence electrons. The summed E-state index contributed by atoms with van der Waals surface area (Å²) in [5.74, 6) is -0.886. The lowest BCUT2D eigenvalue weighted by Crippen LogP contribution is -2.47. The molecule has 1 amide bonds. The molecule has 7 heteroatoms. The summed E-state index contributed by atoms with van der Waals surface area (Å²) in [4.78, 5) is 12.6. The first-order valence-corrected chi connectivity index (χ1v) is 25.0. The van der Waals surface area contributed by atoms with Gasteiger partial charge in [-0.2, -0.15) is 8.42 Å². The first kappa shape index (κ1) is 52.1. The summed E-state index contributed by atoms with van der Waals surface area (Å²) in [5.41, 5.74) is 0. The Morgan fingerprint density at radius 3 is 1.13 bits per heavy atom. The van der Waals surface area contributed by atoms with E-state index in [1.165, 1.54) is 193 Å². The minimum absolute atomic E-state index is 0.242. The average Bonchev–Trinajstić information content (AvgIpc) is 3.12. The highest BCUT2D eigenvalue weighted by Crippen LogP contribution is 2.17. The van der Waals surface area contributed by atoms with E-state index >= 15 is 0 Å². The molecule has 0 rings (SSSR count).